The molecule has 3 rings (SSSR count). The number of carbonyl (C=O) groups excluding carboxylic acids is 1. The van der Waals surface area contributed by atoms with Gasteiger partial charge in [0, 0.05) is 31.9 Å². The van der Waals surface area contributed by atoms with Gasteiger partial charge in [-0.15, -0.1) is 0 Å². The van der Waals surface area contributed by atoms with Crippen molar-refractivity contribution in [2.24, 2.45) is 13.0 Å². The monoisotopic (exact) mass is 331 g/mol. The first-order chi connectivity index (χ1) is 11.5. The summed E-state index contributed by atoms with van der Waals surface area (Å²) < 4.78 is 14.8. The predicted octanol–water partition coefficient (Wildman–Crippen LogP) is 2.07. The number of hydrogen-bond acceptors (Lipinski definition) is 3. The SMILES string of the molecule is Cn1cc(C(O)C(=O)N2CCC(Cc3cccc(F)c3)CC2)cn1. The van der Waals surface area contributed by atoms with Gasteiger partial charge in [0.15, 0.2) is 6.10 Å². The van der Waals surface area contributed by atoms with Crippen LogP contribution in [0.1, 0.15) is 30.1 Å². The van der Waals surface area contributed by atoms with Crippen LogP contribution in [0.5, 0.6) is 0 Å². The lowest BCUT2D eigenvalue weighted by atomic mass is 9.90. The lowest BCUT2D eigenvalue weighted by molar-refractivity contribution is -0.142. The third-order valence-corrected chi connectivity index (χ3v) is 4.61. The minimum atomic E-state index is -1.15. The number of rotatable bonds is 4. The molecule has 1 saturated heterocycles. The van der Waals surface area contributed by atoms with E-state index in [-0.39, 0.29) is 11.7 Å². The van der Waals surface area contributed by atoms with Crippen molar-refractivity contribution < 1.29 is 14.3 Å². The second-order valence-electron chi connectivity index (χ2n) is 6.45. The van der Waals surface area contributed by atoms with Crippen LogP contribution in [0.25, 0.3) is 0 Å². The topological polar surface area (TPSA) is 58.4 Å². The normalized spacial score (nSPS) is 17.0. The minimum Gasteiger partial charge on any atom is -0.378 e. The number of halogens is 1. The highest BCUT2D eigenvalue weighted by molar-refractivity contribution is 5.82. The molecule has 0 spiro atoms. The fourth-order valence-electron chi connectivity index (χ4n) is 3.25. The van der Waals surface area contributed by atoms with E-state index in [1.807, 2.05) is 6.07 Å². The van der Waals surface area contributed by atoms with Gasteiger partial charge in [-0.1, -0.05) is 12.1 Å². The van der Waals surface area contributed by atoms with Crippen molar-refractivity contribution in [3.63, 3.8) is 0 Å². The van der Waals surface area contributed by atoms with Crippen molar-refractivity contribution in [1.29, 1.82) is 0 Å². The zero-order chi connectivity index (χ0) is 17.1. The fourth-order valence-corrected chi connectivity index (χ4v) is 3.25. The van der Waals surface area contributed by atoms with Crippen LogP contribution in [0.2, 0.25) is 0 Å². The van der Waals surface area contributed by atoms with Crippen LogP contribution in [0, 0.1) is 11.7 Å². The van der Waals surface area contributed by atoms with Gasteiger partial charge in [0.1, 0.15) is 5.82 Å². The van der Waals surface area contributed by atoms with E-state index in [1.54, 1.807) is 35.0 Å². The molecule has 1 unspecified atom stereocenters. The van der Waals surface area contributed by atoms with Gasteiger partial charge in [-0.25, -0.2) is 4.39 Å². The molecule has 1 aromatic carbocycles. The smallest absolute Gasteiger partial charge is 0.256 e. The number of aromatic nitrogens is 2. The number of aliphatic hydroxyl groups excluding tert-OH is 1. The maximum absolute atomic E-state index is 13.3. The van der Waals surface area contributed by atoms with Crippen LogP contribution in [-0.4, -0.2) is 38.8 Å². The van der Waals surface area contributed by atoms with Gasteiger partial charge >= 0.3 is 0 Å². The van der Waals surface area contributed by atoms with Crippen LogP contribution in [0.15, 0.2) is 36.7 Å². The molecule has 1 N–H and O–H groups in total. The minimum absolute atomic E-state index is 0.209. The second kappa shape index (κ2) is 7.13. The molecule has 2 heterocycles. The molecule has 24 heavy (non-hydrogen) atoms. The van der Waals surface area contributed by atoms with Crippen molar-refractivity contribution in [2.75, 3.05) is 13.1 Å². The quantitative estimate of drug-likeness (QED) is 0.933. The van der Waals surface area contributed by atoms with Gasteiger partial charge in [-0.3, -0.25) is 9.48 Å². The molecule has 128 valence electrons. The van der Waals surface area contributed by atoms with Gasteiger partial charge in [-0.05, 0) is 42.9 Å². The summed E-state index contributed by atoms with van der Waals surface area (Å²) in [7, 11) is 1.75. The highest BCUT2D eigenvalue weighted by Crippen LogP contribution is 2.24. The van der Waals surface area contributed by atoms with Gasteiger partial charge in [-0.2, -0.15) is 5.10 Å². The van der Waals surface area contributed by atoms with Gasteiger partial charge in [0.05, 0.1) is 6.20 Å². The molecule has 6 heteroatoms. The number of aryl methyl sites for hydroxylation is 1. The van der Waals surface area contributed by atoms with E-state index in [0.29, 0.717) is 24.6 Å². The zero-order valence-corrected chi connectivity index (χ0v) is 13.7. The number of hydrogen-bond donors (Lipinski definition) is 1. The molecule has 0 radical (unpaired) electrons. The lowest BCUT2D eigenvalue weighted by Gasteiger charge is -2.33. The van der Waals surface area contributed by atoms with Gasteiger partial charge in [0.25, 0.3) is 5.91 Å². The molecular formula is C18H22FN3O2. The first-order valence-electron chi connectivity index (χ1n) is 8.23. The molecule has 1 aliphatic rings. The lowest BCUT2D eigenvalue weighted by Crippen LogP contribution is -2.41. The van der Waals surface area contributed by atoms with E-state index < -0.39 is 6.10 Å². The Morgan fingerprint density at radius 3 is 2.79 bits per heavy atom. The van der Waals surface area contributed by atoms with Crippen molar-refractivity contribution in [1.82, 2.24) is 14.7 Å². The molecule has 1 amide bonds. The number of aliphatic hydroxyl groups is 1. The molecule has 5 nitrogen and oxygen atoms in total. The first kappa shape index (κ1) is 16.6. The summed E-state index contributed by atoms with van der Waals surface area (Å²) in [4.78, 5) is 14.1. The molecule has 1 atom stereocenters. The Bertz CT molecular complexity index is 708. The molecule has 2 aromatic rings. The maximum Gasteiger partial charge on any atom is 0.256 e. The zero-order valence-electron chi connectivity index (χ0n) is 13.7. The van der Waals surface area contributed by atoms with Crippen molar-refractivity contribution in [2.45, 2.75) is 25.4 Å². The predicted molar refractivity (Wildman–Crippen MR) is 87.6 cm³/mol. The first-order valence-corrected chi connectivity index (χ1v) is 8.23. The summed E-state index contributed by atoms with van der Waals surface area (Å²) in [6.07, 6.45) is 4.56. The van der Waals surface area contributed by atoms with Gasteiger partial charge in [0.2, 0.25) is 0 Å². The highest BCUT2D eigenvalue weighted by Gasteiger charge is 2.28. The van der Waals surface area contributed by atoms with Crippen molar-refractivity contribution in [3.05, 3.63) is 53.6 Å². The molecule has 1 fully saturated rings. The number of amides is 1. The van der Waals surface area contributed by atoms with E-state index in [4.69, 9.17) is 0 Å². The Morgan fingerprint density at radius 1 is 1.42 bits per heavy atom. The summed E-state index contributed by atoms with van der Waals surface area (Å²) in [5, 5.41) is 14.2. The molecule has 0 aliphatic carbocycles. The Morgan fingerprint density at radius 2 is 2.17 bits per heavy atom. The largest absolute Gasteiger partial charge is 0.378 e. The van der Waals surface area contributed by atoms with E-state index in [1.165, 1.54) is 12.3 Å². The van der Waals surface area contributed by atoms with Crippen LogP contribution >= 0.6 is 0 Å². The van der Waals surface area contributed by atoms with E-state index >= 15 is 0 Å². The Kier molecular flexibility index (Phi) is 4.94. The number of piperidine rings is 1. The molecule has 0 saturated carbocycles. The number of nitrogens with zero attached hydrogens (tertiary/aromatic N) is 3. The third-order valence-electron chi connectivity index (χ3n) is 4.61. The summed E-state index contributed by atoms with van der Waals surface area (Å²) in [6, 6.07) is 6.69. The molecule has 1 aromatic heterocycles. The van der Waals surface area contributed by atoms with Crippen LogP contribution < -0.4 is 0 Å². The fraction of sp³-hybridized carbons (Fsp3) is 0.444. The summed E-state index contributed by atoms with van der Waals surface area (Å²) >= 11 is 0. The molecule has 0 bridgehead atoms. The maximum atomic E-state index is 13.3. The number of likely N-dealkylation sites (tertiary alicyclic amines) is 1. The summed E-state index contributed by atoms with van der Waals surface area (Å²) in [5.74, 6) is -0.0432. The number of benzene rings is 1. The van der Waals surface area contributed by atoms with Crippen LogP contribution in [0.3, 0.4) is 0 Å². The summed E-state index contributed by atoms with van der Waals surface area (Å²) in [6.45, 7) is 1.24. The van der Waals surface area contributed by atoms with Crippen LogP contribution in [-0.2, 0) is 18.3 Å². The molecular weight excluding hydrogens is 309 g/mol. The molecule has 1 aliphatic heterocycles. The van der Waals surface area contributed by atoms with Crippen LogP contribution in [0.4, 0.5) is 4.39 Å². The van der Waals surface area contributed by atoms with Crippen molar-refractivity contribution >= 4 is 5.91 Å². The average molecular weight is 331 g/mol. The Hall–Kier alpha value is -2.21. The standard InChI is InChI=1S/C18H22FN3O2/c1-21-12-15(11-20-21)17(23)18(24)22-7-5-13(6-8-22)9-14-3-2-4-16(19)10-14/h2-4,10-13,17,23H,5-9H2,1H3. The Balaban J connectivity index is 1.53. The van der Waals surface area contributed by atoms with E-state index in [2.05, 4.69) is 5.10 Å². The van der Waals surface area contributed by atoms with E-state index in [0.717, 1.165) is 24.8 Å². The summed E-state index contributed by atoms with van der Waals surface area (Å²) in [5.41, 5.74) is 1.51. The highest BCUT2D eigenvalue weighted by atomic mass is 19.1. The van der Waals surface area contributed by atoms with Crippen molar-refractivity contribution in [3.8, 4) is 0 Å². The third kappa shape index (κ3) is 3.82. The Labute approximate surface area is 140 Å². The van der Waals surface area contributed by atoms with Gasteiger partial charge < -0.3 is 10.0 Å². The number of carbonyl (C=O) groups is 1. The average Bonchev–Trinajstić information content (AvgIpc) is 3.01. The second-order valence-corrected chi connectivity index (χ2v) is 6.45. The van der Waals surface area contributed by atoms with E-state index in [9.17, 15) is 14.3 Å².